The average molecular weight is 213 g/mol. The smallest absolute Gasteiger partial charge is 0.221 e. The molecular formula is C10H13ClN2O. The number of alkyl halides is 1. The molecule has 14 heavy (non-hydrogen) atoms. The third-order valence-electron chi connectivity index (χ3n) is 1.76. The average Bonchev–Trinajstić information content (AvgIpc) is 2.15. The molecule has 0 atom stereocenters. The Morgan fingerprint density at radius 3 is 2.93 bits per heavy atom. The van der Waals surface area contributed by atoms with Crippen LogP contribution in [-0.2, 0) is 11.3 Å². The van der Waals surface area contributed by atoms with Crippen LogP contribution in [0.3, 0.4) is 0 Å². The summed E-state index contributed by atoms with van der Waals surface area (Å²) < 4.78 is 0. The summed E-state index contributed by atoms with van der Waals surface area (Å²) in [6.07, 6.45) is 0.351. The van der Waals surface area contributed by atoms with Gasteiger partial charge < -0.3 is 11.1 Å². The van der Waals surface area contributed by atoms with Crippen LogP contribution in [0, 0.1) is 0 Å². The van der Waals surface area contributed by atoms with E-state index in [9.17, 15) is 4.79 Å². The molecular weight excluding hydrogens is 200 g/mol. The van der Waals surface area contributed by atoms with Gasteiger partial charge in [0.2, 0.25) is 5.91 Å². The third-order valence-corrected chi connectivity index (χ3v) is 1.95. The van der Waals surface area contributed by atoms with Crippen LogP contribution in [0.15, 0.2) is 24.3 Å². The summed E-state index contributed by atoms with van der Waals surface area (Å²) in [6.45, 7) is 0.501. The van der Waals surface area contributed by atoms with E-state index < -0.39 is 0 Å². The number of hydrogen-bond donors (Lipinski definition) is 2. The Bertz CT molecular complexity index is 315. The zero-order valence-corrected chi connectivity index (χ0v) is 8.55. The quantitative estimate of drug-likeness (QED) is 0.587. The largest absolute Gasteiger partial charge is 0.399 e. The lowest BCUT2D eigenvalue weighted by Gasteiger charge is -2.04. The highest BCUT2D eigenvalue weighted by Crippen LogP contribution is 2.05. The second-order valence-electron chi connectivity index (χ2n) is 2.96. The van der Waals surface area contributed by atoms with E-state index in [1.54, 1.807) is 0 Å². The molecule has 0 aromatic heterocycles. The Balaban J connectivity index is 2.41. The van der Waals surface area contributed by atoms with Gasteiger partial charge in [-0.1, -0.05) is 12.1 Å². The Hall–Kier alpha value is -1.22. The molecule has 0 saturated carbocycles. The maximum atomic E-state index is 11.1. The molecule has 1 aromatic rings. The van der Waals surface area contributed by atoms with Crippen LogP contribution >= 0.6 is 11.6 Å². The van der Waals surface area contributed by atoms with Gasteiger partial charge in [0, 0.05) is 24.5 Å². The zero-order valence-electron chi connectivity index (χ0n) is 7.79. The van der Waals surface area contributed by atoms with Gasteiger partial charge in [-0.05, 0) is 17.7 Å². The fourth-order valence-corrected chi connectivity index (χ4v) is 1.25. The number of nitrogen functional groups attached to an aromatic ring is 1. The highest BCUT2D eigenvalue weighted by atomic mass is 35.5. The first kappa shape index (κ1) is 10.9. The third kappa shape index (κ3) is 3.66. The van der Waals surface area contributed by atoms with Crippen LogP contribution in [0.4, 0.5) is 5.69 Å². The Kier molecular flexibility index (Phi) is 4.26. The van der Waals surface area contributed by atoms with Gasteiger partial charge in [0.05, 0.1) is 0 Å². The van der Waals surface area contributed by atoms with Crippen molar-refractivity contribution in [3.05, 3.63) is 29.8 Å². The minimum absolute atomic E-state index is 0.0394. The molecule has 3 nitrogen and oxygen atoms in total. The number of nitrogens with one attached hydrogen (secondary N) is 1. The normalized spacial score (nSPS) is 9.79. The molecule has 0 unspecified atom stereocenters. The summed E-state index contributed by atoms with van der Waals surface area (Å²) in [5, 5.41) is 2.75. The molecule has 0 aliphatic heterocycles. The highest BCUT2D eigenvalue weighted by molar-refractivity contribution is 6.18. The minimum Gasteiger partial charge on any atom is -0.399 e. The number of benzene rings is 1. The minimum atomic E-state index is -0.0394. The summed E-state index contributed by atoms with van der Waals surface area (Å²) in [6, 6.07) is 7.42. The standard InChI is InChI=1S/C10H13ClN2O/c11-5-4-10(14)13-7-8-2-1-3-9(12)6-8/h1-3,6H,4-5,7,12H2,(H,13,14). The molecule has 0 aliphatic carbocycles. The number of halogens is 1. The molecule has 0 radical (unpaired) electrons. The maximum Gasteiger partial charge on any atom is 0.221 e. The fraction of sp³-hybridized carbons (Fsp3) is 0.300. The van der Waals surface area contributed by atoms with Crippen LogP contribution in [0.2, 0.25) is 0 Å². The van der Waals surface area contributed by atoms with Crippen LogP contribution in [0.1, 0.15) is 12.0 Å². The van der Waals surface area contributed by atoms with Gasteiger partial charge in [-0.2, -0.15) is 0 Å². The van der Waals surface area contributed by atoms with Crippen molar-refractivity contribution in [2.45, 2.75) is 13.0 Å². The molecule has 0 bridgehead atoms. The molecule has 3 N–H and O–H groups in total. The molecule has 0 saturated heterocycles. The molecule has 1 aromatic carbocycles. The van der Waals surface area contributed by atoms with E-state index in [2.05, 4.69) is 5.32 Å². The van der Waals surface area contributed by atoms with Gasteiger partial charge >= 0.3 is 0 Å². The molecule has 1 rings (SSSR count). The van der Waals surface area contributed by atoms with Crippen molar-refractivity contribution in [3.8, 4) is 0 Å². The van der Waals surface area contributed by atoms with Gasteiger partial charge in [-0.15, -0.1) is 11.6 Å². The molecule has 0 heterocycles. The predicted octanol–water partition coefficient (Wildman–Crippen LogP) is 1.51. The Morgan fingerprint density at radius 1 is 1.50 bits per heavy atom. The molecule has 0 fully saturated rings. The molecule has 0 aliphatic rings. The van der Waals surface area contributed by atoms with Crippen molar-refractivity contribution in [2.24, 2.45) is 0 Å². The fourth-order valence-electron chi connectivity index (χ4n) is 1.08. The van der Waals surface area contributed by atoms with E-state index in [1.165, 1.54) is 0 Å². The van der Waals surface area contributed by atoms with E-state index in [4.69, 9.17) is 17.3 Å². The highest BCUT2D eigenvalue weighted by Gasteiger charge is 1.99. The van der Waals surface area contributed by atoms with Gasteiger partial charge in [0.15, 0.2) is 0 Å². The van der Waals surface area contributed by atoms with E-state index in [1.807, 2.05) is 24.3 Å². The van der Waals surface area contributed by atoms with Crippen LogP contribution in [0.25, 0.3) is 0 Å². The molecule has 76 valence electrons. The van der Waals surface area contributed by atoms with Gasteiger partial charge in [-0.25, -0.2) is 0 Å². The lowest BCUT2D eigenvalue weighted by molar-refractivity contribution is -0.120. The summed E-state index contributed by atoms with van der Waals surface area (Å²) in [5.74, 6) is 0.311. The van der Waals surface area contributed by atoms with Crippen molar-refractivity contribution in [3.63, 3.8) is 0 Å². The lowest BCUT2D eigenvalue weighted by Crippen LogP contribution is -2.22. The van der Waals surface area contributed by atoms with E-state index in [-0.39, 0.29) is 5.91 Å². The number of rotatable bonds is 4. The Morgan fingerprint density at radius 2 is 2.29 bits per heavy atom. The topological polar surface area (TPSA) is 55.1 Å². The molecule has 0 spiro atoms. The lowest BCUT2D eigenvalue weighted by atomic mass is 10.2. The summed E-state index contributed by atoms with van der Waals surface area (Å²) >= 11 is 5.42. The van der Waals surface area contributed by atoms with Crippen molar-refractivity contribution in [1.82, 2.24) is 5.32 Å². The number of carbonyl (C=O) groups is 1. The van der Waals surface area contributed by atoms with Crippen LogP contribution < -0.4 is 11.1 Å². The second kappa shape index (κ2) is 5.50. The van der Waals surface area contributed by atoms with Gasteiger partial charge in [0.1, 0.15) is 0 Å². The molecule has 1 amide bonds. The van der Waals surface area contributed by atoms with Crippen molar-refractivity contribution < 1.29 is 4.79 Å². The number of anilines is 1. The number of carbonyl (C=O) groups excluding carboxylic acids is 1. The first-order valence-electron chi connectivity index (χ1n) is 4.39. The van der Waals surface area contributed by atoms with Crippen molar-refractivity contribution in [1.29, 1.82) is 0 Å². The van der Waals surface area contributed by atoms with E-state index in [0.29, 0.717) is 24.5 Å². The first-order valence-corrected chi connectivity index (χ1v) is 4.93. The summed E-state index contributed by atoms with van der Waals surface area (Å²) in [7, 11) is 0. The maximum absolute atomic E-state index is 11.1. The number of nitrogens with two attached hydrogens (primary N) is 1. The molecule has 4 heteroatoms. The SMILES string of the molecule is Nc1cccc(CNC(=O)CCCl)c1. The predicted molar refractivity (Wildman–Crippen MR) is 58.0 cm³/mol. The zero-order chi connectivity index (χ0) is 10.4. The van der Waals surface area contributed by atoms with Gasteiger partial charge in [0.25, 0.3) is 0 Å². The summed E-state index contributed by atoms with van der Waals surface area (Å²) in [4.78, 5) is 11.1. The van der Waals surface area contributed by atoms with Gasteiger partial charge in [-0.3, -0.25) is 4.79 Å². The van der Waals surface area contributed by atoms with Crippen LogP contribution in [-0.4, -0.2) is 11.8 Å². The van der Waals surface area contributed by atoms with Crippen molar-refractivity contribution in [2.75, 3.05) is 11.6 Å². The second-order valence-corrected chi connectivity index (χ2v) is 3.34. The van der Waals surface area contributed by atoms with E-state index in [0.717, 1.165) is 5.56 Å². The monoisotopic (exact) mass is 212 g/mol. The number of amides is 1. The van der Waals surface area contributed by atoms with E-state index >= 15 is 0 Å². The first-order chi connectivity index (χ1) is 6.72. The summed E-state index contributed by atoms with van der Waals surface area (Å²) in [5.41, 5.74) is 7.29. The Labute approximate surface area is 88.2 Å². The van der Waals surface area contributed by atoms with Crippen LogP contribution in [0.5, 0.6) is 0 Å². The number of hydrogen-bond acceptors (Lipinski definition) is 2. The van der Waals surface area contributed by atoms with Crippen molar-refractivity contribution >= 4 is 23.2 Å².